The van der Waals surface area contributed by atoms with Crippen molar-refractivity contribution in [1.82, 2.24) is 9.29 Å². The lowest BCUT2D eigenvalue weighted by molar-refractivity contribution is -0.321. The van der Waals surface area contributed by atoms with Crippen molar-refractivity contribution in [1.29, 1.82) is 0 Å². The Morgan fingerprint density at radius 3 is 2.22 bits per heavy atom. The minimum Gasteiger partial charge on any atom is -0.507 e. The third-order valence-electron chi connectivity index (χ3n) is 4.80. The molecule has 2 N–H and O–H groups in total. The van der Waals surface area contributed by atoms with Gasteiger partial charge in [-0.3, -0.25) is 4.79 Å². The maximum Gasteiger partial charge on any atom is 0.406 e. The summed E-state index contributed by atoms with van der Waals surface area (Å²) < 4.78 is 106. The molecule has 0 radical (unpaired) electrons. The Labute approximate surface area is 177 Å². The van der Waals surface area contributed by atoms with Gasteiger partial charge in [0.1, 0.15) is 5.75 Å². The standard InChI is InChI=1S/C19H14F6N2O4S/c20-18(21,22)17(19(23,24)25)7-3-4-12(11-17)26-16(29)14-10-13(5-6-15(14)28)32(30,31)27-8-1-2-9-27/h1-10,28H,11H2,(H,26,29). The Kier molecular flexibility index (Phi) is 5.66. The number of carbonyl (C=O) groups is 1. The Morgan fingerprint density at radius 2 is 1.66 bits per heavy atom. The van der Waals surface area contributed by atoms with Gasteiger partial charge in [0.05, 0.1) is 10.5 Å². The maximum atomic E-state index is 13.3. The summed E-state index contributed by atoms with van der Waals surface area (Å²) in [4.78, 5) is 12.1. The largest absolute Gasteiger partial charge is 0.507 e. The summed E-state index contributed by atoms with van der Waals surface area (Å²) >= 11 is 0. The molecule has 6 nitrogen and oxygen atoms in total. The Morgan fingerprint density at radius 1 is 1.06 bits per heavy atom. The number of nitrogens with zero attached hydrogens (tertiary/aromatic N) is 1. The van der Waals surface area contributed by atoms with Gasteiger partial charge in [0.15, 0.2) is 5.41 Å². The number of benzene rings is 1. The van der Waals surface area contributed by atoms with Crippen molar-refractivity contribution < 1.29 is 44.7 Å². The lowest BCUT2D eigenvalue weighted by Gasteiger charge is -2.37. The first kappa shape index (κ1) is 23.4. The Balaban J connectivity index is 1.91. The van der Waals surface area contributed by atoms with Crippen LogP contribution in [0.3, 0.4) is 0 Å². The van der Waals surface area contributed by atoms with Crippen LogP contribution in [0.25, 0.3) is 0 Å². The molecule has 2 aromatic rings. The minimum absolute atomic E-state index is 0.0373. The van der Waals surface area contributed by atoms with E-state index in [2.05, 4.69) is 0 Å². The van der Waals surface area contributed by atoms with Gasteiger partial charge < -0.3 is 10.4 Å². The summed E-state index contributed by atoms with van der Waals surface area (Å²) in [6, 6.07) is 5.46. The van der Waals surface area contributed by atoms with Gasteiger partial charge in [0, 0.05) is 24.5 Å². The van der Waals surface area contributed by atoms with E-state index in [0.717, 1.165) is 28.2 Å². The molecule has 0 atom stereocenters. The van der Waals surface area contributed by atoms with Gasteiger partial charge in [-0.2, -0.15) is 26.3 Å². The topological polar surface area (TPSA) is 88.4 Å². The smallest absolute Gasteiger partial charge is 0.406 e. The molecule has 1 aromatic heterocycles. The molecule has 1 aliphatic carbocycles. The van der Waals surface area contributed by atoms with E-state index in [0.29, 0.717) is 6.08 Å². The summed E-state index contributed by atoms with van der Waals surface area (Å²) in [6.07, 6.45) is -9.28. The van der Waals surface area contributed by atoms with Crippen LogP contribution in [0.5, 0.6) is 5.75 Å². The van der Waals surface area contributed by atoms with Crippen molar-refractivity contribution >= 4 is 15.9 Å². The monoisotopic (exact) mass is 480 g/mol. The van der Waals surface area contributed by atoms with Crippen molar-refractivity contribution in [3.63, 3.8) is 0 Å². The lowest BCUT2D eigenvalue weighted by Crippen LogP contribution is -2.50. The summed E-state index contributed by atoms with van der Waals surface area (Å²) in [5, 5.41) is 11.8. The van der Waals surface area contributed by atoms with Crippen LogP contribution in [0.2, 0.25) is 0 Å². The average Bonchev–Trinajstić information content (AvgIpc) is 3.22. The molecule has 0 saturated carbocycles. The van der Waals surface area contributed by atoms with Crippen LogP contribution in [-0.4, -0.2) is 35.8 Å². The predicted octanol–water partition coefficient (Wildman–Crippen LogP) is 4.12. The third kappa shape index (κ3) is 3.99. The molecule has 1 aromatic carbocycles. The van der Waals surface area contributed by atoms with E-state index in [9.17, 15) is 44.7 Å². The fourth-order valence-corrected chi connectivity index (χ4v) is 4.27. The van der Waals surface area contributed by atoms with Crippen molar-refractivity contribution in [3.8, 4) is 5.75 Å². The van der Waals surface area contributed by atoms with Crippen molar-refractivity contribution in [2.45, 2.75) is 23.7 Å². The van der Waals surface area contributed by atoms with Gasteiger partial charge in [-0.15, -0.1) is 0 Å². The van der Waals surface area contributed by atoms with E-state index < -0.39 is 62.0 Å². The molecule has 0 spiro atoms. The lowest BCUT2D eigenvalue weighted by atomic mass is 9.78. The number of aromatic hydroxyl groups is 1. The van der Waals surface area contributed by atoms with Crippen LogP contribution in [-0.2, 0) is 10.0 Å². The van der Waals surface area contributed by atoms with E-state index in [4.69, 9.17) is 0 Å². The van der Waals surface area contributed by atoms with Crippen LogP contribution >= 0.6 is 0 Å². The van der Waals surface area contributed by atoms with Crippen molar-refractivity contribution in [2.24, 2.45) is 5.41 Å². The minimum atomic E-state index is -5.70. The second kappa shape index (κ2) is 7.73. The molecule has 32 heavy (non-hydrogen) atoms. The summed E-state index contributed by atoms with van der Waals surface area (Å²) in [7, 11) is -4.16. The molecule has 0 saturated heterocycles. The van der Waals surface area contributed by atoms with E-state index >= 15 is 0 Å². The molecule has 0 fully saturated rings. The molecule has 0 unspecified atom stereocenters. The number of rotatable bonds is 4. The first-order valence-electron chi connectivity index (χ1n) is 8.74. The number of phenolic OH excluding ortho intramolecular Hbond substituents is 1. The third-order valence-corrected chi connectivity index (χ3v) is 6.45. The normalized spacial score (nSPS) is 16.5. The average molecular weight is 480 g/mol. The van der Waals surface area contributed by atoms with Gasteiger partial charge in [0.25, 0.3) is 15.9 Å². The van der Waals surface area contributed by atoms with Gasteiger partial charge in [-0.25, -0.2) is 12.4 Å². The molecule has 13 heteroatoms. The molecule has 1 heterocycles. The van der Waals surface area contributed by atoms with Gasteiger partial charge in [0.2, 0.25) is 0 Å². The summed E-state index contributed by atoms with van der Waals surface area (Å²) in [5.41, 5.74) is -5.58. The van der Waals surface area contributed by atoms with E-state index in [1.807, 2.05) is 5.32 Å². The zero-order valence-electron chi connectivity index (χ0n) is 15.8. The number of halogens is 6. The second-order valence-electron chi connectivity index (χ2n) is 6.85. The highest BCUT2D eigenvalue weighted by Gasteiger charge is 2.69. The predicted molar refractivity (Wildman–Crippen MR) is 99.0 cm³/mol. The van der Waals surface area contributed by atoms with Gasteiger partial charge >= 0.3 is 12.4 Å². The molecule has 0 bridgehead atoms. The number of carbonyl (C=O) groups excluding carboxylic acids is 1. The number of hydrogen-bond donors (Lipinski definition) is 2. The number of amides is 1. The molecule has 3 rings (SSSR count). The maximum absolute atomic E-state index is 13.3. The highest BCUT2D eigenvalue weighted by atomic mass is 32.2. The summed E-state index contributed by atoms with van der Waals surface area (Å²) in [5.74, 6) is -2.01. The SMILES string of the molecule is O=C(NC1=CC=CC(C(F)(F)F)(C(F)(F)F)C1)c1cc(S(=O)(=O)n2cccc2)ccc1O. The molecule has 1 amide bonds. The second-order valence-corrected chi connectivity index (χ2v) is 8.69. The van der Waals surface area contributed by atoms with E-state index in [1.54, 1.807) is 0 Å². The fraction of sp³-hybridized carbons (Fsp3) is 0.211. The molecular formula is C19H14F6N2O4S. The molecular weight excluding hydrogens is 466 g/mol. The quantitative estimate of drug-likeness (QED) is 0.645. The number of allylic oxidation sites excluding steroid dienone is 4. The zero-order chi connectivity index (χ0) is 23.9. The Bertz CT molecular complexity index is 1180. The Hall–Kier alpha value is -3.22. The highest BCUT2D eigenvalue weighted by molar-refractivity contribution is 7.90. The van der Waals surface area contributed by atoms with Gasteiger partial charge in [-0.05, 0) is 36.4 Å². The van der Waals surface area contributed by atoms with Gasteiger partial charge in [-0.1, -0.05) is 12.2 Å². The van der Waals surface area contributed by atoms with Crippen molar-refractivity contribution in [2.75, 3.05) is 0 Å². The first-order valence-corrected chi connectivity index (χ1v) is 10.2. The number of nitrogens with one attached hydrogen (secondary N) is 1. The number of alkyl halides is 6. The fourth-order valence-electron chi connectivity index (χ4n) is 3.05. The van der Waals surface area contributed by atoms with Crippen LogP contribution < -0.4 is 5.32 Å². The summed E-state index contributed by atoms with van der Waals surface area (Å²) in [6.45, 7) is 0. The number of hydrogen-bond acceptors (Lipinski definition) is 4. The van der Waals surface area contributed by atoms with Crippen LogP contribution in [0, 0.1) is 5.41 Å². The number of phenols is 1. The van der Waals surface area contributed by atoms with Crippen LogP contribution in [0.1, 0.15) is 16.8 Å². The first-order chi connectivity index (χ1) is 14.7. The zero-order valence-corrected chi connectivity index (χ0v) is 16.6. The molecule has 1 aliphatic rings. The highest BCUT2D eigenvalue weighted by Crippen LogP contribution is 2.55. The molecule has 172 valence electrons. The number of aromatic nitrogens is 1. The van der Waals surface area contributed by atoms with Crippen LogP contribution in [0.4, 0.5) is 26.3 Å². The molecule has 0 aliphatic heterocycles. The van der Waals surface area contributed by atoms with E-state index in [1.165, 1.54) is 24.5 Å². The van der Waals surface area contributed by atoms with Crippen molar-refractivity contribution in [3.05, 3.63) is 72.2 Å². The van der Waals surface area contributed by atoms with E-state index in [-0.39, 0.29) is 6.08 Å². The van der Waals surface area contributed by atoms with Crippen LogP contribution in [0.15, 0.2) is 71.5 Å².